The van der Waals surface area contributed by atoms with Gasteiger partial charge < -0.3 is 0 Å². The standard InChI is InChI=1S/C12H16ClN3/c1-4-7-15-16-12(14-3)10-6-5-9(2)11(13)8-10/h5-6,8H,4,7H2,1-3H3/b14-12-,16-15-. The third-order valence-corrected chi connectivity index (χ3v) is 2.54. The van der Waals surface area contributed by atoms with Crippen LogP contribution in [0.15, 0.2) is 33.4 Å². The van der Waals surface area contributed by atoms with Gasteiger partial charge >= 0.3 is 0 Å². The number of aryl methyl sites for hydroxylation is 1. The molecule has 1 rings (SSSR count). The zero-order chi connectivity index (χ0) is 12.0. The number of hydrogen-bond donors (Lipinski definition) is 0. The summed E-state index contributed by atoms with van der Waals surface area (Å²) < 4.78 is 0. The second kappa shape index (κ2) is 6.38. The normalized spacial score (nSPS) is 12.4. The predicted octanol–water partition coefficient (Wildman–Crippen LogP) is 3.89. The molecule has 0 aliphatic rings. The van der Waals surface area contributed by atoms with Gasteiger partial charge in [0.05, 0.1) is 6.54 Å². The molecule has 0 aliphatic heterocycles. The Labute approximate surface area is 101 Å². The maximum atomic E-state index is 6.05. The number of benzene rings is 1. The van der Waals surface area contributed by atoms with Gasteiger partial charge in [-0.2, -0.15) is 5.11 Å². The fourth-order valence-electron chi connectivity index (χ4n) is 1.18. The largest absolute Gasteiger partial charge is 0.268 e. The van der Waals surface area contributed by atoms with Gasteiger partial charge in [0.25, 0.3) is 0 Å². The van der Waals surface area contributed by atoms with Crippen LogP contribution in [0.2, 0.25) is 5.02 Å². The van der Waals surface area contributed by atoms with Crippen molar-refractivity contribution in [2.75, 3.05) is 13.6 Å². The number of nitrogens with zero attached hydrogens (tertiary/aromatic N) is 3. The highest BCUT2D eigenvalue weighted by Crippen LogP contribution is 2.17. The maximum absolute atomic E-state index is 6.05. The topological polar surface area (TPSA) is 37.1 Å². The van der Waals surface area contributed by atoms with Crippen LogP contribution in [0.25, 0.3) is 0 Å². The average Bonchev–Trinajstić information content (AvgIpc) is 2.29. The Morgan fingerprint density at radius 3 is 2.69 bits per heavy atom. The number of amidine groups is 1. The lowest BCUT2D eigenvalue weighted by Crippen LogP contribution is -1.97. The first-order valence-corrected chi connectivity index (χ1v) is 5.67. The van der Waals surface area contributed by atoms with Gasteiger partial charge in [-0.25, -0.2) is 0 Å². The summed E-state index contributed by atoms with van der Waals surface area (Å²) in [4.78, 5) is 4.10. The Balaban J connectivity index is 2.92. The van der Waals surface area contributed by atoms with Crippen molar-refractivity contribution in [1.29, 1.82) is 0 Å². The van der Waals surface area contributed by atoms with E-state index in [4.69, 9.17) is 11.6 Å². The summed E-state index contributed by atoms with van der Waals surface area (Å²) in [6.07, 6.45) is 0.981. The van der Waals surface area contributed by atoms with E-state index in [2.05, 4.69) is 22.1 Å². The van der Waals surface area contributed by atoms with Crippen LogP contribution in [0, 0.1) is 6.92 Å². The van der Waals surface area contributed by atoms with E-state index in [1.165, 1.54) is 0 Å². The minimum atomic E-state index is 0.621. The highest BCUT2D eigenvalue weighted by Gasteiger charge is 2.03. The minimum Gasteiger partial charge on any atom is -0.268 e. The third-order valence-electron chi connectivity index (χ3n) is 2.13. The molecule has 1 aromatic carbocycles. The van der Waals surface area contributed by atoms with Gasteiger partial charge in [0.1, 0.15) is 0 Å². The van der Waals surface area contributed by atoms with Crippen molar-refractivity contribution >= 4 is 17.4 Å². The van der Waals surface area contributed by atoms with Gasteiger partial charge in [0.2, 0.25) is 0 Å². The van der Waals surface area contributed by atoms with Crippen LogP contribution < -0.4 is 0 Å². The zero-order valence-corrected chi connectivity index (χ0v) is 10.6. The third kappa shape index (κ3) is 3.42. The quantitative estimate of drug-likeness (QED) is 0.435. The Morgan fingerprint density at radius 2 is 2.12 bits per heavy atom. The van der Waals surface area contributed by atoms with Crippen LogP contribution in [-0.4, -0.2) is 19.4 Å². The van der Waals surface area contributed by atoms with E-state index >= 15 is 0 Å². The van der Waals surface area contributed by atoms with Crippen LogP contribution >= 0.6 is 11.6 Å². The lowest BCUT2D eigenvalue weighted by Gasteiger charge is -2.02. The zero-order valence-electron chi connectivity index (χ0n) is 9.87. The molecule has 1 aromatic rings. The maximum Gasteiger partial charge on any atom is 0.176 e. The second-order valence-corrected chi connectivity index (χ2v) is 3.88. The Hall–Kier alpha value is -1.22. The summed E-state index contributed by atoms with van der Waals surface area (Å²) in [5.41, 5.74) is 1.95. The van der Waals surface area contributed by atoms with Gasteiger partial charge in [-0.05, 0) is 25.0 Å². The van der Waals surface area contributed by atoms with E-state index in [1.54, 1.807) is 7.05 Å². The summed E-state index contributed by atoms with van der Waals surface area (Å²) in [6, 6.07) is 5.77. The molecule has 4 heteroatoms. The molecule has 0 heterocycles. The van der Waals surface area contributed by atoms with E-state index in [1.807, 2.05) is 25.1 Å². The lowest BCUT2D eigenvalue weighted by molar-refractivity contribution is 0.882. The molecule has 0 atom stereocenters. The molecule has 0 amide bonds. The highest BCUT2D eigenvalue weighted by molar-refractivity contribution is 6.31. The van der Waals surface area contributed by atoms with E-state index in [0.29, 0.717) is 5.84 Å². The minimum absolute atomic E-state index is 0.621. The SMILES string of the molecule is CCC/N=N\C(=N/C)c1ccc(C)c(Cl)c1. The first-order valence-electron chi connectivity index (χ1n) is 5.29. The van der Waals surface area contributed by atoms with E-state index < -0.39 is 0 Å². The van der Waals surface area contributed by atoms with Crippen molar-refractivity contribution in [3.8, 4) is 0 Å². The molecular weight excluding hydrogens is 222 g/mol. The molecule has 0 unspecified atom stereocenters. The first-order chi connectivity index (χ1) is 7.69. The number of hydrogen-bond acceptors (Lipinski definition) is 2. The van der Waals surface area contributed by atoms with Crippen molar-refractivity contribution in [3.05, 3.63) is 34.3 Å². The molecule has 0 spiro atoms. The molecule has 3 nitrogen and oxygen atoms in total. The molecule has 16 heavy (non-hydrogen) atoms. The number of rotatable bonds is 3. The molecule has 0 aliphatic carbocycles. The molecule has 0 aromatic heterocycles. The van der Waals surface area contributed by atoms with E-state index in [-0.39, 0.29) is 0 Å². The Kier molecular flexibility index (Phi) is 5.12. The van der Waals surface area contributed by atoms with Crippen LogP contribution in [0.5, 0.6) is 0 Å². The van der Waals surface area contributed by atoms with Crippen molar-refractivity contribution in [3.63, 3.8) is 0 Å². The molecule has 0 bridgehead atoms. The fraction of sp³-hybridized carbons (Fsp3) is 0.417. The average molecular weight is 238 g/mol. The molecule has 0 radical (unpaired) electrons. The summed E-state index contributed by atoms with van der Waals surface area (Å²) in [6.45, 7) is 4.75. The molecule has 0 saturated carbocycles. The van der Waals surface area contributed by atoms with Crippen molar-refractivity contribution in [1.82, 2.24) is 0 Å². The van der Waals surface area contributed by atoms with Crippen LogP contribution in [0.3, 0.4) is 0 Å². The van der Waals surface area contributed by atoms with Crippen LogP contribution in [0.4, 0.5) is 0 Å². The molecule has 0 N–H and O–H groups in total. The number of azo groups is 1. The van der Waals surface area contributed by atoms with Crippen LogP contribution in [-0.2, 0) is 0 Å². The summed E-state index contributed by atoms with van der Waals surface area (Å²) in [5.74, 6) is 0.621. The van der Waals surface area contributed by atoms with Gasteiger partial charge in [-0.15, -0.1) is 5.11 Å². The summed E-state index contributed by atoms with van der Waals surface area (Å²) in [5, 5.41) is 8.86. The molecule has 86 valence electrons. The molecular formula is C12H16ClN3. The molecule has 0 fully saturated rings. The smallest absolute Gasteiger partial charge is 0.176 e. The van der Waals surface area contributed by atoms with Gasteiger partial charge in [0, 0.05) is 17.6 Å². The molecule has 0 saturated heterocycles. The second-order valence-electron chi connectivity index (χ2n) is 3.48. The Bertz CT molecular complexity index is 411. The van der Waals surface area contributed by atoms with Crippen molar-refractivity contribution in [2.45, 2.75) is 20.3 Å². The first kappa shape index (κ1) is 12.8. The van der Waals surface area contributed by atoms with Crippen LogP contribution in [0.1, 0.15) is 24.5 Å². The monoisotopic (exact) mass is 237 g/mol. The number of aliphatic imine (C=N–C) groups is 1. The van der Waals surface area contributed by atoms with Gasteiger partial charge in [0.15, 0.2) is 5.84 Å². The number of halogens is 1. The predicted molar refractivity (Wildman–Crippen MR) is 68.7 cm³/mol. The fourth-order valence-corrected chi connectivity index (χ4v) is 1.36. The van der Waals surface area contributed by atoms with Crippen molar-refractivity contribution in [2.24, 2.45) is 15.2 Å². The lowest BCUT2D eigenvalue weighted by atomic mass is 10.1. The Morgan fingerprint density at radius 1 is 1.38 bits per heavy atom. The van der Waals surface area contributed by atoms with Gasteiger partial charge in [-0.3, -0.25) is 4.99 Å². The van der Waals surface area contributed by atoms with E-state index in [0.717, 1.165) is 29.1 Å². The highest BCUT2D eigenvalue weighted by atomic mass is 35.5. The van der Waals surface area contributed by atoms with E-state index in [9.17, 15) is 0 Å². The van der Waals surface area contributed by atoms with Gasteiger partial charge in [-0.1, -0.05) is 30.7 Å². The van der Waals surface area contributed by atoms with Crippen molar-refractivity contribution < 1.29 is 0 Å². The summed E-state index contributed by atoms with van der Waals surface area (Å²) >= 11 is 6.05. The summed E-state index contributed by atoms with van der Waals surface area (Å²) in [7, 11) is 1.70.